The monoisotopic (exact) mass is 180 g/mol. The number of carbonyl (C=O) groups is 1. The third-order valence-electron chi connectivity index (χ3n) is 3.02. The van der Waals surface area contributed by atoms with E-state index in [4.69, 9.17) is 0 Å². The molecule has 2 nitrogen and oxygen atoms in total. The number of ketones is 1. The Kier molecular flexibility index (Phi) is 3.44. The first-order chi connectivity index (χ1) is 6.16. The van der Waals surface area contributed by atoms with Crippen molar-refractivity contribution in [1.29, 1.82) is 0 Å². The van der Waals surface area contributed by atoms with Gasteiger partial charge in [-0.05, 0) is 25.2 Å². The zero-order chi connectivity index (χ0) is 9.84. The van der Waals surface area contributed by atoms with Crippen LogP contribution in [0.3, 0.4) is 0 Å². The van der Waals surface area contributed by atoms with Gasteiger partial charge in [0.2, 0.25) is 0 Å². The minimum atomic E-state index is 0.180. The first-order valence-electron chi connectivity index (χ1n) is 4.90. The molecule has 0 heterocycles. The van der Waals surface area contributed by atoms with Crippen molar-refractivity contribution < 1.29 is 9.59 Å². The molecule has 3 unspecified atom stereocenters. The van der Waals surface area contributed by atoms with E-state index in [9.17, 15) is 9.59 Å². The summed E-state index contributed by atoms with van der Waals surface area (Å²) in [5.74, 6) is 2.86. The van der Waals surface area contributed by atoms with Crippen molar-refractivity contribution in [3.63, 3.8) is 0 Å². The molecule has 0 amide bonds. The molecule has 0 radical (unpaired) electrons. The Labute approximate surface area is 79.0 Å². The second-order valence-electron chi connectivity index (χ2n) is 4.02. The van der Waals surface area contributed by atoms with Crippen molar-refractivity contribution in [3.8, 4) is 0 Å². The Hall–Kier alpha value is -0.880. The Morgan fingerprint density at radius 2 is 2.31 bits per heavy atom. The first kappa shape index (κ1) is 10.2. The molecular weight excluding hydrogens is 164 g/mol. The maximum absolute atomic E-state index is 11.6. The third kappa shape index (κ3) is 2.28. The highest BCUT2D eigenvalue weighted by Gasteiger charge is 2.33. The molecule has 13 heavy (non-hydrogen) atoms. The van der Waals surface area contributed by atoms with E-state index in [0.717, 1.165) is 12.8 Å². The van der Waals surface area contributed by atoms with Crippen LogP contribution in [0.5, 0.6) is 0 Å². The van der Waals surface area contributed by atoms with Crippen LogP contribution in [0.15, 0.2) is 6.08 Å². The van der Waals surface area contributed by atoms with Crippen molar-refractivity contribution in [2.75, 3.05) is 0 Å². The van der Waals surface area contributed by atoms with E-state index in [1.807, 2.05) is 13.8 Å². The van der Waals surface area contributed by atoms with Gasteiger partial charge in [0, 0.05) is 17.9 Å². The maximum Gasteiger partial charge on any atom is 0.139 e. The Bertz CT molecular complexity index is 238. The molecule has 1 saturated carbocycles. The predicted molar refractivity (Wildman–Crippen MR) is 50.9 cm³/mol. The van der Waals surface area contributed by atoms with Crippen LogP contribution in [0.4, 0.5) is 0 Å². The van der Waals surface area contributed by atoms with E-state index < -0.39 is 0 Å². The summed E-state index contributed by atoms with van der Waals surface area (Å²) < 4.78 is 0. The summed E-state index contributed by atoms with van der Waals surface area (Å²) in [5, 5.41) is 0. The quantitative estimate of drug-likeness (QED) is 0.623. The molecule has 0 saturated heterocycles. The SMILES string of the molecule is CC1CCC(C(C)CC=C=O)C1=O. The molecule has 0 spiro atoms. The van der Waals surface area contributed by atoms with E-state index >= 15 is 0 Å². The van der Waals surface area contributed by atoms with E-state index in [1.54, 1.807) is 5.94 Å². The van der Waals surface area contributed by atoms with Crippen molar-refractivity contribution in [2.45, 2.75) is 33.1 Å². The lowest BCUT2D eigenvalue weighted by atomic mass is 9.88. The van der Waals surface area contributed by atoms with Crippen molar-refractivity contribution in [1.82, 2.24) is 0 Å². The number of hydrogen-bond donors (Lipinski definition) is 0. The van der Waals surface area contributed by atoms with Gasteiger partial charge in [0.1, 0.15) is 11.7 Å². The Morgan fingerprint density at radius 3 is 2.77 bits per heavy atom. The van der Waals surface area contributed by atoms with Gasteiger partial charge >= 0.3 is 0 Å². The van der Waals surface area contributed by atoms with Crippen molar-refractivity contribution in [3.05, 3.63) is 6.08 Å². The second-order valence-corrected chi connectivity index (χ2v) is 4.02. The smallest absolute Gasteiger partial charge is 0.139 e. The lowest BCUT2D eigenvalue weighted by molar-refractivity contribution is -0.124. The zero-order valence-corrected chi connectivity index (χ0v) is 8.25. The highest BCUT2D eigenvalue weighted by molar-refractivity contribution is 5.85. The highest BCUT2D eigenvalue weighted by Crippen LogP contribution is 2.33. The van der Waals surface area contributed by atoms with Gasteiger partial charge in [0.25, 0.3) is 0 Å². The van der Waals surface area contributed by atoms with Gasteiger partial charge in [-0.15, -0.1) is 0 Å². The summed E-state index contributed by atoms with van der Waals surface area (Å²) in [7, 11) is 0. The van der Waals surface area contributed by atoms with Crippen LogP contribution < -0.4 is 0 Å². The molecule has 72 valence electrons. The van der Waals surface area contributed by atoms with Crippen molar-refractivity contribution in [2.24, 2.45) is 17.8 Å². The predicted octanol–water partition coefficient (Wildman–Crippen LogP) is 2.02. The first-order valence-corrected chi connectivity index (χ1v) is 4.90. The molecule has 1 rings (SSSR count). The van der Waals surface area contributed by atoms with Gasteiger partial charge in [0.05, 0.1) is 0 Å². The average molecular weight is 180 g/mol. The van der Waals surface area contributed by atoms with Gasteiger partial charge in [-0.2, -0.15) is 0 Å². The lowest BCUT2D eigenvalue weighted by Crippen LogP contribution is -2.18. The van der Waals surface area contributed by atoms with Crippen LogP contribution in [0, 0.1) is 17.8 Å². The molecule has 0 aromatic carbocycles. The molecule has 0 bridgehead atoms. The van der Waals surface area contributed by atoms with Crippen molar-refractivity contribution >= 4 is 11.7 Å². The summed E-state index contributed by atoms with van der Waals surface area (Å²) >= 11 is 0. The summed E-state index contributed by atoms with van der Waals surface area (Å²) in [5.41, 5.74) is 0. The minimum absolute atomic E-state index is 0.180. The van der Waals surface area contributed by atoms with E-state index in [1.165, 1.54) is 6.08 Å². The fourth-order valence-corrected chi connectivity index (χ4v) is 2.04. The van der Waals surface area contributed by atoms with E-state index in [0.29, 0.717) is 18.1 Å². The molecular formula is C11H16O2. The van der Waals surface area contributed by atoms with Gasteiger partial charge in [-0.1, -0.05) is 13.8 Å². The molecule has 1 aliphatic carbocycles. The normalized spacial score (nSPS) is 29.8. The van der Waals surface area contributed by atoms with Gasteiger partial charge in [-0.3, -0.25) is 4.79 Å². The molecule has 2 heteroatoms. The van der Waals surface area contributed by atoms with Gasteiger partial charge in [-0.25, -0.2) is 4.79 Å². The average Bonchev–Trinajstić information content (AvgIpc) is 2.44. The van der Waals surface area contributed by atoms with E-state index in [-0.39, 0.29) is 11.8 Å². The summed E-state index contributed by atoms with van der Waals surface area (Å²) in [6.45, 7) is 4.03. The molecule has 1 fully saturated rings. The molecule has 0 aromatic rings. The maximum atomic E-state index is 11.6. The summed E-state index contributed by atoms with van der Waals surface area (Å²) in [4.78, 5) is 21.6. The topological polar surface area (TPSA) is 34.1 Å². The van der Waals surface area contributed by atoms with Crippen LogP contribution >= 0.6 is 0 Å². The van der Waals surface area contributed by atoms with Gasteiger partial charge < -0.3 is 0 Å². The van der Waals surface area contributed by atoms with Crippen LogP contribution in [-0.4, -0.2) is 11.7 Å². The fourth-order valence-electron chi connectivity index (χ4n) is 2.04. The number of hydrogen-bond acceptors (Lipinski definition) is 2. The Balaban J connectivity index is 2.52. The summed E-state index contributed by atoms with van der Waals surface area (Å²) in [6, 6.07) is 0. The number of Topliss-reactive ketones (excluding diaryl/α,β-unsaturated/α-hetero) is 1. The number of carbonyl (C=O) groups excluding carboxylic acids is 2. The van der Waals surface area contributed by atoms with Crippen LogP contribution in [-0.2, 0) is 9.59 Å². The lowest BCUT2D eigenvalue weighted by Gasteiger charge is -2.15. The molecule has 3 atom stereocenters. The molecule has 0 N–H and O–H groups in total. The third-order valence-corrected chi connectivity index (χ3v) is 3.02. The standard InChI is InChI=1S/C11H16O2/c1-8(4-3-7-12)10-6-5-9(2)11(10)13/h3,8-10H,4-6H2,1-2H3. The molecule has 1 aliphatic rings. The zero-order valence-electron chi connectivity index (χ0n) is 8.25. The molecule has 0 aliphatic heterocycles. The van der Waals surface area contributed by atoms with Crippen LogP contribution in [0.2, 0.25) is 0 Å². The molecule has 0 aromatic heterocycles. The van der Waals surface area contributed by atoms with Gasteiger partial charge in [0.15, 0.2) is 0 Å². The highest BCUT2D eigenvalue weighted by atomic mass is 16.1. The number of rotatable bonds is 3. The summed E-state index contributed by atoms with van der Waals surface area (Å²) in [6.07, 6.45) is 4.18. The Morgan fingerprint density at radius 1 is 1.62 bits per heavy atom. The fraction of sp³-hybridized carbons (Fsp3) is 0.727. The second kappa shape index (κ2) is 4.38. The number of allylic oxidation sites excluding steroid dienone is 1. The minimum Gasteiger partial charge on any atom is -0.299 e. The van der Waals surface area contributed by atoms with E-state index in [2.05, 4.69) is 0 Å². The van der Waals surface area contributed by atoms with Crippen LogP contribution in [0.25, 0.3) is 0 Å². The largest absolute Gasteiger partial charge is 0.299 e. The van der Waals surface area contributed by atoms with Crippen LogP contribution in [0.1, 0.15) is 33.1 Å².